The summed E-state index contributed by atoms with van der Waals surface area (Å²) in [6.07, 6.45) is 11.1. The van der Waals surface area contributed by atoms with E-state index < -0.39 is 12.2 Å². The van der Waals surface area contributed by atoms with E-state index >= 15 is 0 Å². The second-order valence-corrected chi connectivity index (χ2v) is 11.4. The van der Waals surface area contributed by atoms with Gasteiger partial charge in [-0.15, -0.1) is 0 Å². The third kappa shape index (κ3) is 4.98. The summed E-state index contributed by atoms with van der Waals surface area (Å²) >= 11 is 1.89. The summed E-state index contributed by atoms with van der Waals surface area (Å²) in [5.41, 5.74) is 4.98. The van der Waals surface area contributed by atoms with Crippen molar-refractivity contribution in [3.8, 4) is 0 Å². The Labute approximate surface area is 187 Å². The number of aliphatic hydroxyl groups is 3. The van der Waals surface area contributed by atoms with Gasteiger partial charge in [-0.25, -0.2) is 0 Å². The van der Waals surface area contributed by atoms with E-state index in [2.05, 4.69) is 52.5 Å². The Kier molecular flexibility index (Phi) is 7.76. The van der Waals surface area contributed by atoms with E-state index in [1.807, 2.05) is 11.8 Å². The maximum Gasteiger partial charge on any atom is 0.0811 e. The summed E-state index contributed by atoms with van der Waals surface area (Å²) in [6.45, 7) is 12.9. The van der Waals surface area contributed by atoms with Gasteiger partial charge in [-0.2, -0.15) is 11.8 Å². The van der Waals surface area contributed by atoms with Gasteiger partial charge in [0.25, 0.3) is 0 Å². The number of allylic oxidation sites excluding steroid dienone is 4. The summed E-state index contributed by atoms with van der Waals surface area (Å²) in [6, 6.07) is 0. The van der Waals surface area contributed by atoms with Gasteiger partial charge in [-0.3, -0.25) is 0 Å². The molecule has 0 aromatic heterocycles. The Morgan fingerprint density at radius 1 is 1.27 bits per heavy atom. The van der Waals surface area contributed by atoms with Gasteiger partial charge in [0.05, 0.1) is 18.3 Å². The molecule has 0 saturated heterocycles. The average molecular weight is 433 g/mol. The van der Waals surface area contributed by atoms with Crippen LogP contribution in [0.25, 0.3) is 0 Å². The van der Waals surface area contributed by atoms with E-state index in [0.717, 1.165) is 29.7 Å². The Morgan fingerprint density at radius 2 is 2.00 bits per heavy atom. The van der Waals surface area contributed by atoms with Crippen LogP contribution in [0.2, 0.25) is 0 Å². The molecular weight excluding hydrogens is 392 g/mol. The van der Waals surface area contributed by atoms with Crippen LogP contribution in [-0.4, -0.2) is 44.6 Å². The van der Waals surface area contributed by atoms with Crippen molar-refractivity contribution in [2.24, 2.45) is 17.3 Å². The number of fused-ring (bicyclic) bond motifs is 1. The number of rotatable bonds is 6. The zero-order chi connectivity index (χ0) is 22.1. The average Bonchev–Trinajstić information content (AvgIpc) is 3.04. The fraction of sp³-hybridized carbons (Fsp3) is 0.692. The first kappa shape index (κ1) is 23.8. The van der Waals surface area contributed by atoms with E-state index in [-0.39, 0.29) is 11.5 Å². The highest BCUT2D eigenvalue weighted by Crippen LogP contribution is 2.56. The van der Waals surface area contributed by atoms with Gasteiger partial charge in [0.15, 0.2) is 0 Å². The highest BCUT2D eigenvalue weighted by Gasteiger charge is 2.46. The quantitative estimate of drug-likeness (QED) is 0.506. The number of thioether (sulfide) groups is 1. The van der Waals surface area contributed by atoms with Crippen molar-refractivity contribution in [3.63, 3.8) is 0 Å². The van der Waals surface area contributed by atoms with E-state index in [9.17, 15) is 15.3 Å². The molecule has 3 rings (SSSR count). The minimum Gasteiger partial charge on any atom is -0.393 e. The van der Waals surface area contributed by atoms with Crippen LogP contribution in [0, 0.1) is 17.3 Å². The topological polar surface area (TPSA) is 60.7 Å². The molecule has 2 fully saturated rings. The van der Waals surface area contributed by atoms with E-state index in [0.29, 0.717) is 29.9 Å². The fourth-order valence-electron chi connectivity index (χ4n) is 5.47. The van der Waals surface area contributed by atoms with E-state index in [1.165, 1.54) is 18.4 Å². The Balaban J connectivity index is 1.73. The summed E-state index contributed by atoms with van der Waals surface area (Å²) in [5.74, 6) is 1.62. The molecule has 0 spiro atoms. The molecule has 0 bridgehead atoms. The zero-order valence-corrected chi connectivity index (χ0v) is 19.9. The van der Waals surface area contributed by atoms with Crippen LogP contribution in [-0.2, 0) is 0 Å². The largest absolute Gasteiger partial charge is 0.393 e. The summed E-state index contributed by atoms with van der Waals surface area (Å²) < 4.78 is 0. The maximum atomic E-state index is 10.2. The molecule has 168 valence electrons. The Hall–Kier alpha value is -0.810. The van der Waals surface area contributed by atoms with Crippen LogP contribution < -0.4 is 0 Å². The predicted octanol–water partition coefficient (Wildman–Crippen LogP) is 5.19. The van der Waals surface area contributed by atoms with Crippen molar-refractivity contribution >= 4 is 11.8 Å². The fourth-order valence-corrected chi connectivity index (χ4v) is 6.89. The van der Waals surface area contributed by atoms with Gasteiger partial charge in [0, 0.05) is 17.4 Å². The predicted molar refractivity (Wildman–Crippen MR) is 127 cm³/mol. The van der Waals surface area contributed by atoms with Crippen molar-refractivity contribution in [1.29, 1.82) is 0 Å². The molecule has 0 aliphatic heterocycles. The normalized spacial score (nSPS) is 36.9. The molecule has 3 aliphatic rings. The van der Waals surface area contributed by atoms with Crippen LogP contribution in [0.4, 0.5) is 0 Å². The summed E-state index contributed by atoms with van der Waals surface area (Å²) in [5, 5.41) is 30.8. The third-order valence-electron chi connectivity index (χ3n) is 7.60. The van der Waals surface area contributed by atoms with Crippen molar-refractivity contribution in [1.82, 2.24) is 0 Å². The molecular formula is C26H40O3S. The first-order chi connectivity index (χ1) is 14.1. The van der Waals surface area contributed by atoms with Crippen LogP contribution in [0.1, 0.15) is 66.2 Å². The van der Waals surface area contributed by atoms with Crippen molar-refractivity contribution < 1.29 is 15.3 Å². The van der Waals surface area contributed by atoms with Crippen LogP contribution in [0.15, 0.2) is 47.1 Å². The van der Waals surface area contributed by atoms with E-state index in [4.69, 9.17) is 0 Å². The third-order valence-corrected chi connectivity index (χ3v) is 8.89. The highest BCUT2D eigenvalue weighted by molar-refractivity contribution is 8.00. The minimum atomic E-state index is -0.631. The molecule has 3 N–H and O–H groups in total. The highest BCUT2D eigenvalue weighted by atomic mass is 32.2. The lowest BCUT2D eigenvalue weighted by molar-refractivity contribution is 0.0862. The van der Waals surface area contributed by atoms with Gasteiger partial charge >= 0.3 is 0 Å². The van der Waals surface area contributed by atoms with Crippen molar-refractivity contribution in [3.05, 3.63) is 47.1 Å². The summed E-state index contributed by atoms with van der Waals surface area (Å²) in [4.78, 5) is 0. The lowest BCUT2D eigenvalue weighted by Crippen LogP contribution is -2.33. The lowest BCUT2D eigenvalue weighted by atomic mass is 9.64. The maximum absolute atomic E-state index is 10.2. The molecule has 0 radical (unpaired) electrons. The zero-order valence-electron chi connectivity index (χ0n) is 19.1. The molecule has 0 aromatic rings. The first-order valence-electron chi connectivity index (χ1n) is 11.6. The molecule has 0 amide bonds. The second kappa shape index (κ2) is 9.77. The standard InChI is InChI=1S/C26H40O3S/c1-16(2)25(29)15-30-18(4)22-10-11-23-19(7-6-12-26(22,23)5)8-9-20-13-21(27)14-24(28)17(20)3/h8-10,16,18,21,23-25,27-29H,3,6-7,11-15H2,1-2,4-5H3/b19-8+,20-9-/t18-,21-,23+,24+,25+,26-/m1/s1. The van der Waals surface area contributed by atoms with Crippen molar-refractivity contribution in [2.45, 2.75) is 89.8 Å². The van der Waals surface area contributed by atoms with Gasteiger partial charge in [0.2, 0.25) is 0 Å². The van der Waals surface area contributed by atoms with Gasteiger partial charge in [-0.05, 0) is 67.4 Å². The number of hydrogen-bond acceptors (Lipinski definition) is 4. The molecule has 30 heavy (non-hydrogen) atoms. The van der Waals surface area contributed by atoms with Crippen molar-refractivity contribution in [2.75, 3.05) is 5.75 Å². The SMILES string of the molecule is C=C1/C(=C\C=C2/CCC[C@]3(C)C([C@@H](C)SC[C@H](O)C(C)C)=CC[C@@H]23)C[C@@H](O)C[C@@H]1O. The molecule has 6 atom stereocenters. The van der Waals surface area contributed by atoms with Gasteiger partial charge < -0.3 is 15.3 Å². The Bertz CT molecular complexity index is 735. The van der Waals surface area contributed by atoms with Gasteiger partial charge in [0.1, 0.15) is 0 Å². The summed E-state index contributed by atoms with van der Waals surface area (Å²) in [7, 11) is 0. The molecule has 4 heteroatoms. The smallest absolute Gasteiger partial charge is 0.0811 e. The van der Waals surface area contributed by atoms with Crippen LogP contribution in [0.5, 0.6) is 0 Å². The molecule has 0 unspecified atom stereocenters. The Morgan fingerprint density at radius 3 is 2.70 bits per heavy atom. The van der Waals surface area contributed by atoms with Gasteiger partial charge in [-0.1, -0.05) is 56.7 Å². The van der Waals surface area contributed by atoms with E-state index in [1.54, 1.807) is 5.57 Å². The number of aliphatic hydroxyl groups excluding tert-OH is 3. The molecule has 3 nitrogen and oxygen atoms in total. The molecule has 3 aliphatic carbocycles. The minimum absolute atomic E-state index is 0.195. The molecule has 2 saturated carbocycles. The van der Waals surface area contributed by atoms with Crippen LogP contribution >= 0.6 is 11.8 Å². The number of hydrogen-bond donors (Lipinski definition) is 3. The monoisotopic (exact) mass is 432 g/mol. The lowest BCUT2D eigenvalue weighted by Gasteiger charge is -2.42. The van der Waals surface area contributed by atoms with Crippen LogP contribution in [0.3, 0.4) is 0 Å². The second-order valence-electron chi connectivity index (χ2n) is 10.1. The first-order valence-corrected chi connectivity index (χ1v) is 12.6. The molecule has 0 aromatic carbocycles. The molecule has 0 heterocycles.